The van der Waals surface area contributed by atoms with Gasteiger partial charge >= 0.3 is 5.97 Å². The number of nitrogens with zero attached hydrogens (tertiary/aromatic N) is 2. The lowest BCUT2D eigenvalue weighted by molar-refractivity contribution is -0.144. The summed E-state index contributed by atoms with van der Waals surface area (Å²) in [4.78, 5) is 27.4. The normalized spacial score (nSPS) is 18.9. The Kier molecular flexibility index (Phi) is 8.66. The van der Waals surface area contributed by atoms with Gasteiger partial charge in [-0.15, -0.1) is 0 Å². The van der Waals surface area contributed by atoms with Gasteiger partial charge < -0.3 is 28.4 Å². The monoisotopic (exact) mass is 566 g/mol. The van der Waals surface area contributed by atoms with Gasteiger partial charge in [-0.25, -0.2) is 0 Å². The number of carbonyl (C=O) groups excluding carboxylic acids is 2. The average molecular weight is 567 g/mol. The molecular weight excluding hydrogens is 532 g/mol. The second-order valence-corrected chi connectivity index (χ2v) is 10.6. The van der Waals surface area contributed by atoms with E-state index in [0.29, 0.717) is 42.6 Å². The van der Waals surface area contributed by atoms with Crippen LogP contribution < -0.4 is 9.47 Å². The molecule has 0 radical (unpaired) electrons. The zero-order chi connectivity index (χ0) is 28.2. The fraction of sp³-hybridized carbons (Fsp3) is 0.419. The number of likely N-dealkylation sites (tertiary alicyclic amines) is 1. The molecule has 212 valence electrons. The van der Waals surface area contributed by atoms with Crippen LogP contribution in [0.25, 0.3) is 5.69 Å². The van der Waals surface area contributed by atoms with E-state index in [0.717, 1.165) is 35.3 Å². The van der Waals surface area contributed by atoms with Crippen LogP contribution in [0.3, 0.4) is 0 Å². The fourth-order valence-electron chi connectivity index (χ4n) is 5.78. The highest BCUT2D eigenvalue weighted by Gasteiger charge is 2.35. The van der Waals surface area contributed by atoms with E-state index in [4.69, 9.17) is 30.5 Å². The first kappa shape index (κ1) is 28.1. The second-order valence-electron chi connectivity index (χ2n) is 10.1. The molecule has 1 amide bonds. The number of amides is 1. The molecule has 2 atom stereocenters. The molecule has 2 aliphatic rings. The number of para-hydroxylation sites is 1. The molecule has 2 aliphatic heterocycles. The van der Waals surface area contributed by atoms with Gasteiger partial charge in [-0.2, -0.15) is 0 Å². The molecule has 0 unspecified atom stereocenters. The Hall–Kier alpha value is -3.49. The Morgan fingerprint density at radius 2 is 1.80 bits per heavy atom. The van der Waals surface area contributed by atoms with Gasteiger partial charge in [-0.3, -0.25) is 9.59 Å². The third-order valence-corrected chi connectivity index (χ3v) is 7.98. The molecule has 2 aromatic carbocycles. The molecule has 8 nitrogen and oxygen atoms in total. The van der Waals surface area contributed by atoms with Crippen molar-refractivity contribution in [3.05, 3.63) is 76.6 Å². The van der Waals surface area contributed by atoms with Crippen molar-refractivity contribution >= 4 is 23.5 Å². The van der Waals surface area contributed by atoms with Crippen molar-refractivity contribution in [3.63, 3.8) is 0 Å². The first-order valence-corrected chi connectivity index (χ1v) is 14.1. The van der Waals surface area contributed by atoms with Crippen LogP contribution in [0.15, 0.2) is 54.7 Å². The Morgan fingerprint density at radius 1 is 1.00 bits per heavy atom. The smallest absolute Gasteiger partial charge is 0.306 e. The molecule has 9 heteroatoms. The summed E-state index contributed by atoms with van der Waals surface area (Å²) in [6.07, 6.45) is 3.03. The van der Waals surface area contributed by atoms with Crippen LogP contribution in [0.2, 0.25) is 5.02 Å². The zero-order valence-electron chi connectivity index (χ0n) is 23.1. The van der Waals surface area contributed by atoms with Crippen molar-refractivity contribution < 1.29 is 28.5 Å². The molecule has 1 aromatic heterocycles. The van der Waals surface area contributed by atoms with E-state index in [2.05, 4.69) is 4.57 Å². The number of halogens is 1. The molecule has 1 fully saturated rings. The van der Waals surface area contributed by atoms with Crippen LogP contribution in [-0.4, -0.2) is 55.3 Å². The largest absolute Gasteiger partial charge is 0.493 e. The lowest BCUT2D eigenvalue weighted by Gasteiger charge is -2.33. The average Bonchev–Trinajstić information content (AvgIpc) is 3.40. The summed E-state index contributed by atoms with van der Waals surface area (Å²) >= 11 is 6.49. The minimum atomic E-state index is -0.563. The van der Waals surface area contributed by atoms with Crippen molar-refractivity contribution in [1.82, 2.24) is 9.47 Å². The third kappa shape index (κ3) is 5.69. The summed E-state index contributed by atoms with van der Waals surface area (Å²) in [5, 5.41) is 0.586. The molecule has 0 aliphatic carbocycles. The van der Waals surface area contributed by atoms with Crippen LogP contribution in [0.1, 0.15) is 61.6 Å². The molecule has 40 heavy (non-hydrogen) atoms. The standard InChI is InChI=1S/C31H35ClN2O6/c1-4-39-29(36)17-20-12-15-33(16-13-20)28(35)19-27-25-8-6-14-34(25)24-11-10-21(32)18-23(24)30(40-27)22-7-5-9-26(37-2)31(22)38-3/h5-11,14,18,20,27,30H,4,12-13,15-17,19H2,1-3H3/t27-,30-/m1/s1. The molecule has 3 heterocycles. The predicted octanol–water partition coefficient (Wildman–Crippen LogP) is 5.89. The molecule has 0 bridgehead atoms. The third-order valence-electron chi connectivity index (χ3n) is 7.75. The van der Waals surface area contributed by atoms with Crippen molar-refractivity contribution in [1.29, 1.82) is 0 Å². The highest BCUT2D eigenvalue weighted by atomic mass is 35.5. The summed E-state index contributed by atoms with van der Waals surface area (Å²) in [7, 11) is 3.20. The van der Waals surface area contributed by atoms with Gasteiger partial charge in [-0.1, -0.05) is 23.7 Å². The summed E-state index contributed by atoms with van der Waals surface area (Å²) in [6.45, 7) is 3.42. The van der Waals surface area contributed by atoms with Gasteiger partial charge in [0.2, 0.25) is 5.91 Å². The van der Waals surface area contributed by atoms with Crippen molar-refractivity contribution in [2.75, 3.05) is 33.9 Å². The first-order chi connectivity index (χ1) is 19.4. The molecule has 1 saturated heterocycles. The van der Waals surface area contributed by atoms with E-state index in [1.165, 1.54) is 0 Å². The Labute approximate surface area is 239 Å². The van der Waals surface area contributed by atoms with E-state index in [-0.39, 0.29) is 24.2 Å². The van der Waals surface area contributed by atoms with Crippen LogP contribution >= 0.6 is 11.6 Å². The summed E-state index contributed by atoms with van der Waals surface area (Å²) < 4.78 is 25.4. The number of esters is 1. The number of hydrogen-bond donors (Lipinski definition) is 0. The fourth-order valence-corrected chi connectivity index (χ4v) is 5.96. The number of methoxy groups -OCH3 is 2. The molecule has 0 saturated carbocycles. The maximum atomic E-state index is 13.6. The number of rotatable bonds is 8. The number of benzene rings is 2. The second kappa shape index (κ2) is 12.4. The number of carbonyl (C=O) groups is 2. The lowest BCUT2D eigenvalue weighted by Crippen LogP contribution is -2.39. The number of piperidine rings is 1. The van der Waals surface area contributed by atoms with Gasteiger partial charge in [0.1, 0.15) is 12.2 Å². The molecular formula is C31H35ClN2O6. The maximum absolute atomic E-state index is 13.6. The summed E-state index contributed by atoms with van der Waals surface area (Å²) in [6, 6.07) is 15.4. The zero-order valence-corrected chi connectivity index (χ0v) is 23.9. The lowest BCUT2D eigenvalue weighted by atomic mass is 9.93. The summed E-state index contributed by atoms with van der Waals surface area (Å²) in [5.74, 6) is 1.25. The minimum absolute atomic E-state index is 0.0210. The van der Waals surface area contributed by atoms with Crippen LogP contribution in [0, 0.1) is 5.92 Å². The van der Waals surface area contributed by atoms with Crippen molar-refractivity contribution in [3.8, 4) is 17.2 Å². The van der Waals surface area contributed by atoms with Gasteiger partial charge in [0, 0.05) is 41.9 Å². The van der Waals surface area contributed by atoms with Gasteiger partial charge in [0.05, 0.1) is 38.6 Å². The minimum Gasteiger partial charge on any atom is -0.493 e. The number of aromatic nitrogens is 1. The Morgan fingerprint density at radius 3 is 2.52 bits per heavy atom. The van der Waals surface area contributed by atoms with E-state index < -0.39 is 12.2 Å². The molecule has 5 rings (SSSR count). The number of ether oxygens (including phenoxy) is 4. The Bertz CT molecular complexity index is 1360. The number of fused-ring (bicyclic) bond motifs is 3. The van der Waals surface area contributed by atoms with Crippen molar-refractivity contribution in [2.24, 2.45) is 5.92 Å². The quantitative estimate of drug-likeness (QED) is 0.316. The molecule has 3 aromatic rings. The van der Waals surface area contributed by atoms with E-state index in [1.54, 1.807) is 14.2 Å². The maximum Gasteiger partial charge on any atom is 0.306 e. The van der Waals surface area contributed by atoms with Crippen LogP contribution in [0.5, 0.6) is 11.5 Å². The SMILES string of the molecule is CCOC(=O)CC1CCN(C(=O)C[C@H]2O[C@H](c3cccc(OC)c3OC)c3cc(Cl)ccc3-n3cccc32)CC1. The molecule has 0 N–H and O–H groups in total. The van der Waals surface area contributed by atoms with E-state index >= 15 is 0 Å². The highest BCUT2D eigenvalue weighted by molar-refractivity contribution is 6.30. The van der Waals surface area contributed by atoms with Gasteiger partial charge in [0.25, 0.3) is 0 Å². The van der Waals surface area contributed by atoms with Crippen LogP contribution in [-0.2, 0) is 19.1 Å². The van der Waals surface area contributed by atoms with E-state index in [9.17, 15) is 9.59 Å². The molecule has 0 spiro atoms. The van der Waals surface area contributed by atoms with E-state index in [1.807, 2.05) is 66.6 Å². The summed E-state index contributed by atoms with van der Waals surface area (Å²) in [5.41, 5.74) is 3.46. The van der Waals surface area contributed by atoms with Gasteiger partial charge in [0.15, 0.2) is 11.5 Å². The topological polar surface area (TPSA) is 79.2 Å². The predicted molar refractivity (Wildman–Crippen MR) is 151 cm³/mol. The first-order valence-electron chi connectivity index (χ1n) is 13.7. The highest BCUT2D eigenvalue weighted by Crippen LogP contribution is 2.46. The number of hydrogen-bond acceptors (Lipinski definition) is 6. The van der Waals surface area contributed by atoms with Crippen molar-refractivity contribution in [2.45, 2.75) is 44.8 Å². The Balaban J connectivity index is 1.43. The van der Waals surface area contributed by atoms with Gasteiger partial charge in [-0.05, 0) is 62.1 Å². The van der Waals surface area contributed by atoms with Crippen LogP contribution in [0.4, 0.5) is 0 Å².